The number of hydrogen-bond donors (Lipinski definition) is 1. The molecule has 0 radical (unpaired) electrons. The molecule has 2 heterocycles. The summed E-state index contributed by atoms with van der Waals surface area (Å²) in [5, 5.41) is 2.95. The van der Waals surface area contributed by atoms with Gasteiger partial charge in [-0.2, -0.15) is 4.31 Å². The van der Waals surface area contributed by atoms with E-state index in [-0.39, 0.29) is 23.5 Å². The summed E-state index contributed by atoms with van der Waals surface area (Å²) in [5.41, 5.74) is 1.60. The second kappa shape index (κ2) is 9.61. The van der Waals surface area contributed by atoms with E-state index < -0.39 is 15.9 Å². The summed E-state index contributed by atoms with van der Waals surface area (Å²) in [6, 6.07) is 10.0. The van der Waals surface area contributed by atoms with E-state index in [0.29, 0.717) is 43.2 Å². The first-order chi connectivity index (χ1) is 15.8. The fourth-order valence-corrected chi connectivity index (χ4v) is 5.84. The molecule has 2 aliphatic heterocycles. The summed E-state index contributed by atoms with van der Waals surface area (Å²) in [7, 11) is -2.17. The fraction of sp³-hybridized carbons (Fsp3) is 0.458. The van der Waals surface area contributed by atoms with Gasteiger partial charge in [-0.15, -0.1) is 0 Å². The van der Waals surface area contributed by atoms with E-state index in [9.17, 15) is 13.2 Å². The molecule has 2 aliphatic rings. The SMILES string of the molecule is CCOc1cc2c(cc1NC(=O)[C@H]1CCCN(S(=O)(=O)c3ccc(OC)cc3)C1)O[C@H](C)C2. The third-order valence-electron chi connectivity index (χ3n) is 6.01. The van der Waals surface area contributed by atoms with Gasteiger partial charge in [0, 0.05) is 31.1 Å². The maximum absolute atomic E-state index is 13.1. The number of rotatable bonds is 7. The molecule has 0 unspecified atom stereocenters. The van der Waals surface area contributed by atoms with Crippen LogP contribution >= 0.6 is 0 Å². The molecular formula is C24H30N2O6S. The summed E-state index contributed by atoms with van der Waals surface area (Å²) in [6.07, 6.45) is 2.10. The first-order valence-corrected chi connectivity index (χ1v) is 12.7. The number of ether oxygens (including phenoxy) is 3. The zero-order valence-electron chi connectivity index (χ0n) is 19.2. The van der Waals surface area contributed by atoms with Crippen molar-refractivity contribution in [2.24, 2.45) is 5.92 Å². The van der Waals surface area contributed by atoms with Crippen LogP contribution in [0.15, 0.2) is 41.3 Å². The minimum atomic E-state index is -3.70. The Balaban J connectivity index is 1.50. The quantitative estimate of drug-likeness (QED) is 0.661. The Labute approximate surface area is 194 Å². The van der Waals surface area contributed by atoms with Crippen molar-refractivity contribution in [3.05, 3.63) is 42.0 Å². The lowest BCUT2D eigenvalue weighted by Crippen LogP contribution is -2.43. The van der Waals surface area contributed by atoms with Gasteiger partial charge in [-0.25, -0.2) is 8.42 Å². The largest absolute Gasteiger partial charge is 0.497 e. The van der Waals surface area contributed by atoms with Crippen LogP contribution in [0.4, 0.5) is 5.69 Å². The first-order valence-electron chi connectivity index (χ1n) is 11.2. The predicted octanol–water partition coefficient (Wildman–Crippen LogP) is 3.46. The normalized spacial score (nSPS) is 20.6. The lowest BCUT2D eigenvalue weighted by molar-refractivity contribution is -0.120. The number of carbonyl (C=O) groups is 1. The summed E-state index contributed by atoms with van der Waals surface area (Å²) in [5.74, 6) is 1.24. The Bertz CT molecular complexity index is 1120. The van der Waals surface area contributed by atoms with Crippen molar-refractivity contribution in [2.75, 3.05) is 32.1 Å². The van der Waals surface area contributed by atoms with Gasteiger partial charge in [-0.05, 0) is 57.0 Å². The van der Waals surface area contributed by atoms with Gasteiger partial charge in [-0.3, -0.25) is 4.79 Å². The third-order valence-corrected chi connectivity index (χ3v) is 7.89. The Morgan fingerprint density at radius 1 is 1.24 bits per heavy atom. The van der Waals surface area contributed by atoms with Gasteiger partial charge < -0.3 is 19.5 Å². The van der Waals surface area contributed by atoms with E-state index in [4.69, 9.17) is 14.2 Å². The van der Waals surface area contributed by atoms with Crippen LogP contribution in [0.2, 0.25) is 0 Å². The smallest absolute Gasteiger partial charge is 0.243 e. The Morgan fingerprint density at radius 3 is 2.70 bits per heavy atom. The maximum atomic E-state index is 13.1. The number of nitrogens with zero attached hydrogens (tertiary/aromatic N) is 1. The number of sulfonamides is 1. The second-order valence-electron chi connectivity index (χ2n) is 8.39. The molecular weight excluding hydrogens is 444 g/mol. The van der Waals surface area contributed by atoms with E-state index in [1.807, 2.05) is 19.9 Å². The van der Waals surface area contributed by atoms with Crippen molar-refractivity contribution in [2.45, 2.75) is 44.1 Å². The number of piperidine rings is 1. The zero-order chi connectivity index (χ0) is 23.6. The number of methoxy groups -OCH3 is 1. The van der Waals surface area contributed by atoms with Gasteiger partial charge in [0.15, 0.2) is 0 Å². The summed E-state index contributed by atoms with van der Waals surface area (Å²) in [6.45, 7) is 4.87. The standard InChI is InChI=1S/C24H30N2O6S/c1-4-31-23-13-18-12-16(2)32-22(18)14-21(23)25-24(27)17-6-5-11-26(15-17)33(28,29)20-9-7-19(30-3)8-10-20/h7-10,13-14,16-17H,4-6,11-12,15H2,1-3H3,(H,25,27)/t16-,17+/m1/s1. The second-order valence-corrected chi connectivity index (χ2v) is 10.3. The Kier molecular flexibility index (Phi) is 6.81. The minimum absolute atomic E-state index is 0.0792. The summed E-state index contributed by atoms with van der Waals surface area (Å²) in [4.78, 5) is 13.3. The minimum Gasteiger partial charge on any atom is -0.497 e. The number of fused-ring (bicyclic) bond motifs is 1. The molecule has 0 saturated carbocycles. The monoisotopic (exact) mass is 474 g/mol. The van der Waals surface area contributed by atoms with Crippen LogP contribution in [0.25, 0.3) is 0 Å². The third kappa shape index (κ3) is 4.94. The van der Waals surface area contributed by atoms with Crippen molar-refractivity contribution in [3.63, 3.8) is 0 Å². The van der Waals surface area contributed by atoms with Gasteiger partial charge in [-0.1, -0.05) is 0 Å². The van der Waals surface area contributed by atoms with Gasteiger partial charge >= 0.3 is 0 Å². The molecule has 2 atom stereocenters. The van der Waals surface area contributed by atoms with Crippen LogP contribution < -0.4 is 19.5 Å². The molecule has 0 bridgehead atoms. The van der Waals surface area contributed by atoms with E-state index in [2.05, 4.69) is 5.32 Å². The van der Waals surface area contributed by atoms with Gasteiger partial charge in [0.25, 0.3) is 0 Å². The molecule has 1 amide bonds. The molecule has 178 valence electrons. The van der Waals surface area contributed by atoms with Crippen LogP contribution in [0, 0.1) is 5.92 Å². The Morgan fingerprint density at radius 2 is 2.00 bits per heavy atom. The molecule has 1 fully saturated rings. The molecule has 4 rings (SSSR count). The number of carbonyl (C=O) groups excluding carboxylic acids is 1. The highest BCUT2D eigenvalue weighted by molar-refractivity contribution is 7.89. The average molecular weight is 475 g/mol. The van der Waals surface area contributed by atoms with Crippen molar-refractivity contribution >= 4 is 21.6 Å². The highest BCUT2D eigenvalue weighted by atomic mass is 32.2. The van der Waals surface area contributed by atoms with Gasteiger partial charge in [0.05, 0.1) is 30.2 Å². The molecule has 0 aliphatic carbocycles. The maximum Gasteiger partial charge on any atom is 0.243 e. The van der Waals surface area contributed by atoms with Crippen LogP contribution in [-0.2, 0) is 21.2 Å². The number of hydrogen-bond acceptors (Lipinski definition) is 6. The molecule has 9 heteroatoms. The molecule has 8 nitrogen and oxygen atoms in total. The summed E-state index contributed by atoms with van der Waals surface area (Å²) < 4.78 is 44.3. The van der Waals surface area contributed by atoms with Crippen molar-refractivity contribution in [1.82, 2.24) is 4.31 Å². The zero-order valence-corrected chi connectivity index (χ0v) is 20.0. The van der Waals surface area contributed by atoms with Crippen LogP contribution in [0.5, 0.6) is 17.2 Å². The number of anilines is 1. The lowest BCUT2D eigenvalue weighted by atomic mass is 9.98. The molecule has 0 aromatic heterocycles. The first kappa shape index (κ1) is 23.4. The van der Waals surface area contributed by atoms with E-state index >= 15 is 0 Å². The Hall–Kier alpha value is -2.78. The highest BCUT2D eigenvalue weighted by Crippen LogP contribution is 2.38. The predicted molar refractivity (Wildman–Crippen MR) is 125 cm³/mol. The molecule has 1 saturated heterocycles. The van der Waals surface area contributed by atoms with Crippen LogP contribution in [0.1, 0.15) is 32.3 Å². The van der Waals surface area contributed by atoms with Crippen molar-refractivity contribution in [3.8, 4) is 17.2 Å². The van der Waals surface area contributed by atoms with E-state index in [1.54, 1.807) is 18.2 Å². The average Bonchev–Trinajstić information content (AvgIpc) is 3.18. The number of benzene rings is 2. The van der Waals surface area contributed by atoms with Crippen LogP contribution in [0.3, 0.4) is 0 Å². The lowest BCUT2D eigenvalue weighted by Gasteiger charge is -2.31. The number of nitrogens with one attached hydrogen (secondary N) is 1. The van der Waals surface area contributed by atoms with Gasteiger partial charge in [0.1, 0.15) is 23.4 Å². The molecule has 2 aromatic rings. The highest BCUT2D eigenvalue weighted by Gasteiger charge is 2.34. The van der Waals surface area contributed by atoms with Crippen LogP contribution in [-0.4, -0.2) is 51.5 Å². The van der Waals surface area contributed by atoms with Crippen molar-refractivity contribution in [1.29, 1.82) is 0 Å². The van der Waals surface area contributed by atoms with Gasteiger partial charge in [0.2, 0.25) is 15.9 Å². The molecule has 33 heavy (non-hydrogen) atoms. The fourth-order valence-electron chi connectivity index (χ4n) is 4.32. The van der Waals surface area contributed by atoms with E-state index in [1.165, 1.54) is 23.5 Å². The summed E-state index contributed by atoms with van der Waals surface area (Å²) >= 11 is 0. The topological polar surface area (TPSA) is 94.2 Å². The molecule has 2 aromatic carbocycles. The van der Waals surface area contributed by atoms with Crippen molar-refractivity contribution < 1.29 is 27.4 Å². The molecule has 0 spiro atoms. The van der Waals surface area contributed by atoms with E-state index in [0.717, 1.165) is 17.7 Å². The molecule has 1 N–H and O–H groups in total. The number of amides is 1.